The van der Waals surface area contributed by atoms with E-state index in [2.05, 4.69) is 31.9 Å². The maximum Gasteiger partial charge on any atom is 0.326 e. The van der Waals surface area contributed by atoms with Gasteiger partial charge in [-0.2, -0.15) is 0 Å². The molecule has 20 heteroatoms. The van der Waals surface area contributed by atoms with Gasteiger partial charge in [0.15, 0.2) is 0 Å². The summed E-state index contributed by atoms with van der Waals surface area (Å²) < 4.78 is 0. The predicted octanol–water partition coefficient (Wildman–Crippen LogP) is -3.85. The van der Waals surface area contributed by atoms with Crippen LogP contribution in [0, 0.1) is 5.92 Å². The Bertz CT molecular complexity index is 1220. The van der Waals surface area contributed by atoms with Crippen molar-refractivity contribution in [3.05, 3.63) is 0 Å². The predicted molar refractivity (Wildman–Crippen MR) is 181 cm³/mol. The quantitative estimate of drug-likeness (QED) is 0.0423. The summed E-state index contributed by atoms with van der Waals surface area (Å²) >= 11 is 0. The summed E-state index contributed by atoms with van der Waals surface area (Å²) in [5.41, 5.74) is 11.2. The van der Waals surface area contributed by atoms with Crippen molar-refractivity contribution in [1.82, 2.24) is 31.9 Å². The monoisotopic (exact) mass is 732 g/mol. The maximum atomic E-state index is 13.4. The number of rotatable bonds is 24. The molecule has 0 saturated heterocycles. The first-order valence-electron chi connectivity index (χ1n) is 16.7. The molecule has 0 aromatic rings. The van der Waals surface area contributed by atoms with Gasteiger partial charge in [0.05, 0.1) is 12.2 Å². The number of amides is 6. The van der Waals surface area contributed by atoms with Gasteiger partial charge in [-0.25, -0.2) is 4.79 Å². The fourth-order valence-corrected chi connectivity index (χ4v) is 4.48. The molecule has 0 rings (SSSR count). The Hall–Kier alpha value is -4.40. The third-order valence-electron chi connectivity index (χ3n) is 7.57. The minimum Gasteiger partial charge on any atom is -0.481 e. The Kier molecular flexibility index (Phi) is 21.1. The zero-order valence-corrected chi connectivity index (χ0v) is 29.9. The van der Waals surface area contributed by atoms with Gasteiger partial charge in [0.25, 0.3) is 0 Å². The van der Waals surface area contributed by atoms with Crippen molar-refractivity contribution in [2.75, 3.05) is 6.54 Å². The Labute approximate surface area is 296 Å². The van der Waals surface area contributed by atoms with Crippen molar-refractivity contribution < 1.29 is 58.8 Å². The highest BCUT2D eigenvalue weighted by Gasteiger charge is 2.34. The highest BCUT2D eigenvalue weighted by molar-refractivity contribution is 5.97. The highest BCUT2D eigenvalue weighted by atomic mass is 16.4. The van der Waals surface area contributed by atoms with E-state index in [1.54, 1.807) is 13.8 Å². The number of carboxylic acid groups (broad SMARTS) is 2. The van der Waals surface area contributed by atoms with Crippen LogP contribution in [-0.4, -0.2) is 129 Å². The lowest BCUT2D eigenvalue weighted by Gasteiger charge is -2.28. The molecular weight excluding hydrogens is 676 g/mol. The lowest BCUT2D eigenvalue weighted by Crippen LogP contribution is -2.61. The highest BCUT2D eigenvalue weighted by Crippen LogP contribution is 2.09. The molecule has 0 aliphatic heterocycles. The molecule has 6 amide bonds. The van der Waals surface area contributed by atoms with Crippen molar-refractivity contribution in [3.8, 4) is 0 Å². The van der Waals surface area contributed by atoms with Gasteiger partial charge in [0.2, 0.25) is 35.4 Å². The van der Waals surface area contributed by atoms with Crippen LogP contribution in [0.2, 0.25) is 0 Å². The lowest BCUT2D eigenvalue weighted by atomic mass is 10.0. The van der Waals surface area contributed by atoms with Crippen LogP contribution in [0.3, 0.4) is 0 Å². The molecule has 51 heavy (non-hydrogen) atoms. The second kappa shape index (κ2) is 23.1. The van der Waals surface area contributed by atoms with Crippen molar-refractivity contribution in [2.24, 2.45) is 17.4 Å². The van der Waals surface area contributed by atoms with Crippen LogP contribution in [0.15, 0.2) is 0 Å². The van der Waals surface area contributed by atoms with E-state index in [-0.39, 0.29) is 25.3 Å². The first kappa shape index (κ1) is 46.6. The fraction of sp³-hybridized carbons (Fsp3) is 0.742. The molecule has 0 radical (unpaired) electrons. The van der Waals surface area contributed by atoms with Crippen molar-refractivity contribution >= 4 is 47.4 Å². The SMILES string of the molecule is CC(C)C[C@H](NC(=O)[C@@H](NC(=O)[C@H](CCCCN)NC(=O)[C@H](C)NC(=O)[C@@H](N)[C@@H](C)O)[C@@H](C)O)C(=O)N[C@@H](C)C(=O)N[C@@H](CCC(=O)O)C(=O)O. The third-order valence-corrected chi connectivity index (χ3v) is 7.57. The summed E-state index contributed by atoms with van der Waals surface area (Å²) in [5, 5.41) is 52.4. The topological polar surface area (TPSA) is 342 Å². The Morgan fingerprint density at radius 3 is 1.51 bits per heavy atom. The van der Waals surface area contributed by atoms with Gasteiger partial charge in [-0.15, -0.1) is 0 Å². The Morgan fingerprint density at radius 2 is 1.06 bits per heavy atom. The number of carbonyl (C=O) groups is 8. The lowest BCUT2D eigenvalue weighted by molar-refractivity contribution is -0.143. The van der Waals surface area contributed by atoms with E-state index in [1.807, 2.05) is 0 Å². The molecule has 9 atom stereocenters. The molecular formula is C31H56N8O12. The first-order valence-corrected chi connectivity index (χ1v) is 16.7. The molecule has 20 nitrogen and oxygen atoms in total. The van der Waals surface area contributed by atoms with Crippen LogP contribution in [0.4, 0.5) is 0 Å². The molecule has 0 unspecified atom stereocenters. The van der Waals surface area contributed by atoms with Crippen LogP contribution >= 0.6 is 0 Å². The molecule has 292 valence electrons. The van der Waals surface area contributed by atoms with Gasteiger partial charge < -0.3 is 63.8 Å². The number of aliphatic carboxylic acids is 2. The summed E-state index contributed by atoms with van der Waals surface area (Å²) in [7, 11) is 0. The smallest absolute Gasteiger partial charge is 0.326 e. The van der Waals surface area contributed by atoms with E-state index < -0.39 is 115 Å². The normalized spacial score (nSPS) is 16.5. The van der Waals surface area contributed by atoms with Crippen LogP contribution in [0.1, 0.15) is 80.1 Å². The average Bonchev–Trinajstić information content (AvgIpc) is 3.02. The Morgan fingerprint density at radius 1 is 0.569 bits per heavy atom. The van der Waals surface area contributed by atoms with E-state index in [0.29, 0.717) is 12.8 Å². The largest absolute Gasteiger partial charge is 0.481 e. The maximum absolute atomic E-state index is 13.4. The van der Waals surface area contributed by atoms with E-state index >= 15 is 0 Å². The molecule has 0 aromatic heterocycles. The summed E-state index contributed by atoms with van der Waals surface area (Å²) in [6, 6.07) is -9.49. The van der Waals surface area contributed by atoms with E-state index in [1.165, 1.54) is 27.7 Å². The average molecular weight is 733 g/mol. The molecule has 0 saturated carbocycles. The van der Waals surface area contributed by atoms with E-state index in [9.17, 15) is 53.7 Å². The van der Waals surface area contributed by atoms with Gasteiger partial charge in [-0.05, 0) is 72.3 Å². The van der Waals surface area contributed by atoms with Crippen LogP contribution in [0.25, 0.3) is 0 Å². The number of carbonyl (C=O) groups excluding carboxylic acids is 6. The van der Waals surface area contributed by atoms with Crippen LogP contribution < -0.4 is 43.4 Å². The summed E-state index contributed by atoms with van der Waals surface area (Å²) in [6.07, 6.45) is -2.65. The van der Waals surface area contributed by atoms with Gasteiger partial charge in [-0.3, -0.25) is 33.6 Å². The first-order chi connectivity index (χ1) is 23.6. The van der Waals surface area contributed by atoms with E-state index in [4.69, 9.17) is 16.6 Å². The number of unbranched alkanes of at least 4 members (excludes halogenated alkanes) is 1. The van der Waals surface area contributed by atoms with Gasteiger partial charge >= 0.3 is 11.9 Å². The number of carboxylic acids is 2. The summed E-state index contributed by atoms with van der Waals surface area (Å²) in [6.45, 7) is 8.86. The second-order valence-corrected chi connectivity index (χ2v) is 12.8. The number of hydrogen-bond donors (Lipinski definition) is 12. The number of hydrogen-bond acceptors (Lipinski definition) is 12. The van der Waals surface area contributed by atoms with Crippen molar-refractivity contribution in [3.63, 3.8) is 0 Å². The second-order valence-electron chi connectivity index (χ2n) is 12.8. The van der Waals surface area contributed by atoms with Gasteiger partial charge in [0.1, 0.15) is 42.3 Å². The summed E-state index contributed by atoms with van der Waals surface area (Å²) in [4.78, 5) is 100. The zero-order chi connectivity index (χ0) is 39.6. The molecule has 0 aliphatic rings. The van der Waals surface area contributed by atoms with Gasteiger partial charge in [-0.1, -0.05) is 13.8 Å². The van der Waals surface area contributed by atoms with Crippen LogP contribution in [-0.2, 0) is 38.4 Å². The fourth-order valence-electron chi connectivity index (χ4n) is 4.48. The molecule has 0 aliphatic carbocycles. The summed E-state index contributed by atoms with van der Waals surface area (Å²) in [5.74, 6) is -8.12. The molecule has 0 heterocycles. The molecule has 0 fully saturated rings. The standard InChI is InChI=1S/C31H56N8O12/c1-14(2)13-21(28(47)34-15(3)26(45)37-20(31(50)51)10-11-22(42)43)38-30(49)24(18(6)41)39-27(46)19(9-7-8-12-32)36-25(44)16(4)35-29(48)23(33)17(5)40/h14-21,23-24,40-41H,7-13,32-33H2,1-6H3,(H,34,47)(H,35,48)(H,36,44)(H,37,45)(H,38,49)(H,39,46)(H,42,43)(H,50,51)/t15-,16-,17+,18+,19-,20-,21-,23-,24-/m0/s1. The van der Waals surface area contributed by atoms with Crippen molar-refractivity contribution in [2.45, 2.75) is 135 Å². The number of aliphatic hydroxyl groups excluding tert-OH is 2. The molecule has 0 aromatic carbocycles. The zero-order valence-electron chi connectivity index (χ0n) is 29.9. The Balaban J connectivity index is 5.84. The van der Waals surface area contributed by atoms with E-state index in [0.717, 1.165) is 0 Å². The van der Waals surface area contributed by atoms with Crippen molar-refractivity contribution in [1.29, 1.82) is 0 Å². The minimum absolute atomic E-state index is 0.0445. The van der Waals surface area contributed by atoms with Gasteiger partial charge in [0, 0.05) is 6.42 Å². The molecule has 0 bridgehead atoms. The molecule has 14 N–H and O–H groups in total. The third kappa shape index (κ3) is 17.9. The number of aliphatic hydroxyl groups is 2. The molecule has 0 spiro atoms. The number of nitrogens with two attached hydrogens (primary N) is 2. The number of nitrogens with one attached hydrogen (secondary N) is 6. The van der Waals surface area contributed by atoms with Crippen LogP contribution in [0.5, 0.6) is 0 Å². The minimum atomic E-state index is -1.62.